The molecular formula is C21H25N3O4S. The van der Waals surface area contributed by atoms with Gasteiger partial charge in [-0.05, 0) is 17.5 Å². The number of nitrogens with zero attached hydrogens (tertiary/aromatic N) is 2. The molecule has 1 N–H and O–H groups in total. The number of hydrogen-bond donors (Lipinski definition) is 1. The summed E-state index contributed by atoms with van der Waals surface area (Å²) in [6.45, 7) is 0.0279. The van der Waals surface area contributed by atoms with Gasteiger partial charge in [0.15, 0.2) is 5.25 Å². The van der Waals surface area contributed by atoms with E-state index in [4.69, 9.17) is 0 Å². The predicted octanol–water partition coefficient (Wildman–Crippen LogP) is 2.02. The molecule has 2 aromatic rings. The third-order valence-electron chi connectivity index (χ3n) is 5.17. The van der Waals surface area contributed by atoms with Crippen molar-refractivity contribution in [3.8, 4) is 0 Å². The lowest BCUT2D eigenvalue weighted by Gasteiger charge is -2.34. The van der Waals surface area contributed by atoms with Gasteiger partial charge in [-0.25, -0.2) is 17.9 Å². The third kappa shape index (κ3) is 4.65. The molecule has 3 rings (SSSR count). The second kappa shape index (κ2) is 8.75. The van der Waals surface area contributed by atoms with Gasteiger partial charge in [0.05, 0.1) is 0 Å². The molecule has 1 heterocycles. The summed E-state index contributed by atoms with van der Waals surface area (Å²) in [6.07, 6.45) is 0.540. The van der Waals surface area contributed by atoms with Crippen LogP contribution in [-0.2, 0) is 14.8 Å². The summed E-state index contributed by atoms with van der Waals surface area (Å²) in [5, 5.41) is -1.30. The predicted molar refractivity (Wildman–Crippen MR) is 111 cm³/mol. The molecule has 1 aliphatic heterocycles. The second-order valence-corrected chi connectivity index (χ2v) is 9.10. The van der Waals surface area contributed by atoms with Crippen LogP contribution in [0.25, 0.3) is 0 Å². The van der Waals surface area contributed by atoms with Crippen LogP contribution < -0.4 is 4.72 Å². The van der Waals surface area contributed by atoms with Crippen molar-refractivity contribution in [2.75, 3.05) is 27.2 Å². The first-order chi connectivity index (χ1) is 13.8. The van der Waals surface area contributed by atoms with Crippen LogP contribution in [0.4, 0.5) is 4.79 Å². The maximum absolute atomic E-state index is 12.8. The summed E-state index contributed by atoms with van der Waals surface area (Å²) in [5.41, 5.74) is 2.19. The van der Waals surface area contributed by atoms with E-state index in [1.807, 2.05) is 60.7 Å². The van der Waals surface area contributed by atoms with Crippen molar-refractivity contribution in [2.45, 2.75) is 17.6 Å². The van der Waals surface area contributed by atoms with Crippen LogP contribution >= 0.6 is 0 Å². The van der Waals surface area contributed by atoms with Gasteiger partial charge in [-0.15, -0.1) is 0 Å². The Bertz CT molecular complexity index is 924. The molecule has 0 radical (unpaired) electrons. The number of rotatable bonds is 7. The average Bonchev–Trinajstić information content (AvgIpc) is 2.73. The number of nitrogens with one attached hydrogen (secondary N) is 1. The van der Waals surface area contributed by atoms with Gasteiger partial charge in [0.25, 0.3) is 5.91 Å². The lowest BCUT2D eigenvalue weighted by Crippen LogP contribution is -2.60. The molecule has 1 fully saturated rings. The van der Waals surface area contributed by atoms with Gasteiger partial charge in [0.2, 0.25) is 10.0 Å². The van der Waals surface area contributed by atoms with Crippen LogP contribution in [0.5, 0.6) is 0 Å². The van der Waals surface area contributed by atoms with Crippen LogP contribution in [0.15, 0.2) is 60.7 Å². The molecule has 0 aliphatic carbocycles. The van der Waals surface area contributed by atoms with Crippen LogP contribution in [0, 0.1) is 0 Å². The van der Waals surface area contributed by atoms with Gasteiger partial charge in [0, 0.05) is 33.1 Å². The van der Waals surface area contributed by atoms with Crippen molar-refractivity contribution in [3.05, 3.63) is 71.8 Å². The molecule has 0 saturated carbocycles. The van der Waals surface area contributed by atoms with E-state index < -0.39 is 27.2 Å². The second-order valence-electron chi connectivity index (χ2n) is 7.15. The van der Waals surface area contributed by atoms with Crippen molar-refractivity contribution >= 4 is 22.0 Å². The molecule has 1 aliphatic rings. The zero-order valence-corrected chi connectivity index (χ0v) is 17.3. The summed E-state index contributed by atoms with van der Waals surface area (Å²) < 4.78 is 28.1. The van der Waals surface area contributed by atoms with Gasteiger partial charge < -0.3 is 4.90 Å². The molecule has 7 nitrogen and oxygen atoms in total. The van der Waals surface area contributed by atoms with E-state index >= 15 is 0 Å². The maximum Gasteiger partial charge on any atom is 0.326 e. The minimum absolute atomic E-state index is 0.0223. The topological polar surface area (TPSA) is 86.8 Å². The number of urea groups is 1. The maximum atomic E-state index is 12.8. The Morgan fingerprint density at radius 2 is 1.48 bits per heavy atom. The summed E-state index contributed by atoms with van der Waals surface area (Å²) in [6, 6.07) is 19.3. The quantitative estimate of drug-likeness (QED) is 0.750. The normalized spacial score (nSPS) is 17.8. The van der Waals surface area contributed by atoms with Crippen LogP contribution in [-0.4, -0.2) is 62.6 Å². The zero-order valence-electron chi connectivity index (χ0n) is 16.5. The average molecular weight is 416 g/mol. The van der Waals surface area contributed by atoms with E-state index in [1.54, 1.807) is 0 Å². The minimum atomic E-state index is -3.92. The van der Waals surface area contributed by atoms with Gasteiger partial charge in [-0.1, -0.05) is 60.7 Å². The van der Waals surface area contributed by atoms with Crippen LogP contribution in [0.3, 0.4) is 0 Å². The third-order valence-corrected chi connectivity index (χ3v) is 6.88. The summed E-state index contributed by atoms with van der Waals surface area (Å²) in [7, 11) is -1.14. The Morgan fingerprint density at radius 1 is 0.966 bits per heavy atom. The highest BCUT2D eigenvalue weighted by Gasteiger charge is 2.42. The molecule has 29 heavy (non-hydrogen) atoms. The van der Waals surface area contributed by atoms with Crippen molar-refractivity contribution in [1.29, 1.82) is 0 Å². The van der Waals surface area contributed by atoms with E-state index in [9.17, 15) is 18.0 Å². The molecular weight excluding hydrogens is 390 g/mol. The van der Waals surface area contributed by atoms with Crippen molar-refractivity contribution in [2.24, 2.45) is 0 Å². The first-order valence-corrected chi connectivity index (χ1v) is 11.0. The van der Waals surface area contributed by atoms with Gasteiger partial charge in [-0.3, -0.25) is 9.69 Å². The smallest absolute Gasteiger partial charge is 0.325 e. The standard InChI is InChI=1S/C21H25N3O4S/c1-23-15-19(20(25)24(2)21(23)26)29(27,28)22-14-13-18(16-9-5-3-6-10-16)17-11-7-4-8-12-17/h3-12,18-19,22H,13-15H2,1-2H3. The fraction of sp³-hybridized carbons (Fsp3) is 0.333. The Labute approximate surface area is 171 Å². The number of hydrogen-bond acceptors (Lipinski definition) is 4. The van der Waals surface area contributed by atoms with Gasteiger partial charge in [0.1, 0.15) is 0 Å². The summed E-state index contributed by atoms with van der Waals surface area (Å²) in [4.78, 5) is 26.3. The first-order valence-electron chi connectivity index (χ1n) is 9.42. The monoisotopic (exact) mass is 415 g/mol. The van der Waals surface area contributed by atoms with Crippen LogP contribution in [0.1, 0.15) is 23.5 Å². The number of carbonyl (C=O) groups is 2. The number of imide groups is 1. The van der Waals surface area contributed by atoms with E-state index in [-0.39, 0.29) is 19.0 Å². The van der Waals surface area contributed by atoms with E-state index in [0.29, 0.717) is 6.42 Å². The Balaban J connectivity index is 1.72. The summed E-state index contributed by atoms with van der Waals surface area (Å²) >= 11 is 0. The fourth-order valence-corrected chi connectivity index (χ4v) is 4.99. The minimum Gasteiger partial charge on any atom is -0.325 e. The van der Waals surface area contributed by atoms with Crippen LogP contribution in [0.2, 0.25) is 0 Å². The Morgan fingerprint density at radius 3 is 2.00 bits per heavy atom. The molecule has 1 saturated heterocycles. The summed E-state index contributed by atoms with van der Waals surface area (Å²) in [5.74, 6) is -0.683. The molecule has 1 atom stereocenters. The lowest BCUT2D eigenvalue weighted by atomic mass is 9.89. The Kier molecular flexibility index (Phi) is 6.34. The molecule has 2 aromatic carbocycles. The van der Waals surface area contributed by atoms with Gasteiger partial charge >= 0.3 is 6.03 Å². The highest BCUT2D eigenvalue weighted by atomic mass is 32.2. The van der Waals surface area contributed by atoms with Crippen molar-refractivity contribution in [3.63, 3.8) is 0 Å². The highest BCUT2D eigenvalue weighted by molar-refractivity contribution is 7.90. The molecule has 0 aromatic heterocycles. The van der Waals surface area contributed by atoms with Crippen molar-refractivity contribution in [1.82, 2.24) is 14.5 Å². The number of carbonyl (C=O) groups excluding carboxylic acids is 2. The number of benzene rings is 2. The first kappa shape index (κ1) is 21.0. The Hall–Kier alpha value is -2.71. The molecule has 154 valence electrons. The van der Waals surface area contributed by atoms with Gasteiger partial charge in [-0.2, -0.15) is 0 Å². The molecule has 0 bridgehead atoms. The molecule has 8 heteroatoms. The van der Waals surface area contributed by atoms with E-state index in [0.717, 1.165) is 16.0 Å². The SMILES string of the molecule is CN1CC(S(=O)(=O)NCCC(c2ccccc2)c2ccccc2)C(=O)N(C)C1=O. The largest absolute Gasteiger partial charge is 0.326 e. The zero-order chi connectivity index (χ0) is 21.0. The van der Waals surface area contributed by atoms with Crippen molar-refractivity contribution < 1.29 is 18.0 Å². The van der Waals surface area contributed by atoms with E-state index in [1.165, 1.54) is 19.0 Å². The van der Waals surface area contributed by atoms with E-state index in [2.05, 4.69) is 4.72 Å². The molecule has 1 unspecified atom stereocenters. The number of sulfonamides is 1. The number of amides is 3. The lowest BCUT2D eigenvalue weighted by molar-refractivity contribution is -0.129. The fourth-order valence-electron chi connectivity index (χ4n) is 3.54. The highest BCUT2D eigenvalue weighted by Crippen LogP contribution is 2.27. The molecule has 0 spiro atoms. The molecule has 3 amide bonds.